The van der Waals surface area contributed by atoms with Gasteiger partial charge in [-0.25, -0.2) is 0 Å². The molecule has 1 amide bonds. The van der Waals surface area contributed by atoms with E-state index in [1.807, 2.05) is 11.9 Å². The van der Waals surface area contributed by atoms with Crippen molar-refractivity contribution in [3.8, 4) is 0 Å². The Bertz CT molecular complexity index is 301. The van der Waals surface area contributed by atoms with Crippen LogP contribution in [0.4, 0.5) is 0 Å². The quantitative estimate of drug-likeness (QED) is 0.544. The Morgan fingerprint density at radius 3 is 2.60 bits per heavy atom. The van der Waals surface area contributed by atoms with Gasteiger partial charge in [0, 0.05) is 19.5 Å². The van der Waals surface area contributed by atoms with E-state index in [-0.39, 0.29) is 11.9 Å². The van der Waals surface area contributed by atoms with Crippen LogP contribution in [0.1, 0.15) is 51.9 Å². The first-order chi connectivity index (χ1) is 9.65. The highest BCUT2D eigenvalue weighted by Gasteiger charge is 2.21. The summed E-state index contributed by atoms with van der Waals surface area (Å²) in [6.45, 7) is 3.26. The van der Waals surface area contributed by atoms with Crippen LogP contribution < -0.4 is 5.32 Å². The average molecular weight is 284 g/mol. The molecule has 5 nitrogen and oxygen atoms in total. The first kappa shape index (κ1) is 17.0. The zero-order valence-electron chi connectivity index (χ0n) is 12.8. The normalized spacial score (nSPS) is 15.9. The predicted octanol–water partition coefficient (Wildman–Crippen LogP) is 1.71. The lowest BCUT2D eigenvalue weighted by atomic mass is 9.94. The summed E-state index contributed by atoms with van der Waals surface area (Å²) in [5.41, 5.74) is 0. The minimum Gasteiger partial charge on any atom is -0.466 e. The van der Waals surface area contributed by atoms with Crippen LogP contribution in [-0.2, 0) is 14.3 Å². The molecule has 0 unspecified atom stereocenters. The van der Waals surface area contributed by atoms with Gasteiger partial charge in [0.1, 0.15) is 0 Å². The summed E-state index contributed by atoms with van der Waals surface area (Å²) in [4.78, 5) is 25.0. The SMILES string of the molecule is CCOC(=O)CCCNCC(=O)N(C)C1CCCCC1. The number of hydrogen-bond acceptors (Lipinski definition) is 4. The smallest absolute Gasteiger partial charge is 0.305 e. The molecular weight excluding hydrogens is 256 g/mol. The number of esters is 1. The van der Waals surface area contributed by atoms with Gasteiger partial charge in [-0.05, 0) is 32.7 Å². The van der Waals surface area contributed by atoms with E-state index in [0.29, 0.717) is 38.6 Å². The van der Waals surface area contributed by atoms with Crippen LogP contribution in [0.25, 0.3) is 0 Å². The zero-order chi connectivity index (χ0) is 14.8. The molecule has 0 saturated heterocycles. The topological polar surface area (TPSA) is 58.6 Å². The number of carbonyl (C=O) groups is 2. The molecule has 116 valence electrons. The molecule has 0 aliphatic heterocycles. The fraction of sp³-hybridized carbons (Fsp3) is 0.867. The molecule has 0 spiro atoms. The first-order valence-corrected chi connectivity index (χ1v) is 7.77. The predicted molar refractivity (Wildman–Crippen MR) is 78.4 cm³/mol. The van der Waals surface area contributed by atoms with Gasteiger partial charge < -0.3 is 15.0 Å². The maximum atomic E-state index is 12.0. The van der Waals surface area contributed by atoms with Crippen LogP contribution in [0.2, 0.25) is 0 Å². The van der Waals surface area contributed by atoms with Crippen LogP contribution in [0.5, 0.6) is 0 Å². The number of rotatable bonds is 8. The van der Waals surface area contributed by atoms with E-state index in [2.05, 4.69) is 5.32 Å². The molecule has 0 heterocycles. The minimum absolute atomic E-state index is 0.146. The fourth-order valence-electron chi connectivity index (χ4n) is 2.58. The molecule has 20 heavy (non-hydrogen) atoms. The van der Waals surface area contributed by atoms with Crippen LogP contribution in [0, 0.1) is 0 Å². The van der Waals surface area contributed by atoms with Crippen molar-refractivity contribution in [2.45, 2.75) is 57.9 Å². The summed E-state index contributed by atoms with van der Waals surface area (Å²) >= 11 is 0. The maximum Gasteiger partial charge on any atom is 0.305 e. The third kappa shape index (κ3) is 6.37. The summed E-state index contributed by atoms with van der Waals surface area (Å²) in [5.74, 6) is -0.0204. The lowest BCUT2D eigenvalue weighted by Crippen LogP contribution is -2.43. The minimum atomic E-state index is -0.167. The Balaban J connectivity index is 2.08. The van der Waals surface area contributed by atoms with Crippen LogP contribution in [0.3, 0.4) is 0 Å². The van der Waals surface area contributed by atoms with E-state index in [4.69, 9.17) is 4.74 Å². The second-order valence-corrected chi connectivity index (χ2v) is 5.38. The van der Waals surface area contributed by atoms with Gasteiger partial charge in [-0.2, -0.15) is 0 Å². The molecule has 0 atom stereocenters. The molecule has 0 aromatic carbocycles. The van der Waals surface area contributed by atoms with Crippen molar-refractivity contribution >= 4 is 11.9 Å². The van der Waals surface area contributed by atoms with E-state index < -0.39 is 0 Å². The zero-order valence-corrected chi connectivity index (χ0v) is 12.8. The van der Waals surface area contributed by atoms with Gasteiger partial charge in [-0.1, -0.05) is 19.3 Å². The highest BCUT2D eigenvalue weighted by Crippen LogP contribution is 2.21. The second-order valence-electron chi connectivity index (χ2n) is 5.38. The molecule has 0 aromatic heterocycles. The van der Waals surface area contributed by atoms with Crippen molar-refractivity contribution in [1.29, 1.82) is 0 Å². The number of carbonyl (C=O) groups excluding carboxylic acids is 2. The molecule has 0 aromatic rings. The standard InChI is InChI=1S/C15H28N2O3/c1-3-20-15(19)10-7-11-16-12-14(18)17(2)13-8-5-4-6-9-13/h13,16H,3-12H2,1-2H3. The van der Waals surface area contributed by atoms with Gasteiger partial charge in [0.05, 0.1) is 13.2 Å². The Morgan fingerprint density at radius 2 is 1.95 bits per heavy atom. The van der Waals surface area contributed by atoms with Crippen molar-refractivity contribution in [2.75, 3.05) is 26.7 Å². The molecule has 1 N–H and O–H groups in total. The van der Waals surface area contributed by atoms with Gasteiger partial charge in [0.25, 0.3) is 0 Å². The van der Waals surface area contributed by atoms with Gasteiger partial charge in [-0.15, -0.1) is 0 Å². The highest BCUT2D eigenvalue weighted by molar-refractivity contribution is 5.78. The largest absolute Gasteiger partial charge is 0.466 e. The summed E-state index contributed by atoms with van der Waals surface area (Å²) in [7, 11) is 1.90. The fourth-order valence-corrected chi connectivity index (χ4v) is 2.58. The van der Waals surface area contributed by atoms with Crippen molar-refractivity contribution in [1.82, 2.24) is 10.2 Å². The van der Waals surface area contributed by atoms with E-state index in [1.165, 1.54) is 19.3 Å². The summed E-state index contributed by atoms with van der Waals surface area (Å²) < 4.78 is 4.85. The molecule has 0 radical (unpaired) electrons. The lowest BCUT2D eigenvalue weighted by Gasteiger charge is -2.31. The van der Waals surface area contributed by atoms with Crippen molar-refractivity contribution in [3.63, 3.8) is 0 Å². The van der Waals surface area contributed by atoms with Gasteiger partial charge in [0.15, 0.2) is 0 Å². The summed E-state index contributed by atoms with van der Waals surface area (Å²) in [5, 5.41) is 3.10. The number of likely N-dealkylation sites (N-methyl/N-ethyl adjacent to an activating group) is 1. The number of amides is 1. The Kier molecular flexibility index (Phi) is 8.26. The van der Waals surface area contributed by atoms with E-state index in [9.17, 15) is 9.59 Å². The monoisotopic (exact) mass is 284 g/mol. The highest BCUT2D eigenvalue weighted by atomic mass is 16.5. The average Bonchev–Trinajstić information content (AvgIpc) is 2.47. The summed E-state index contributed by atoms with van der Waals surface area (Å²) in [6, 6.07) is 0.414. The van der Waals surface area contributed by atoms with Gasteiger partial charge >= 0.3 is 5.97 Å². The molecule has 1 fully saturated rings. The van der Waals surface area contributed by atoms with Crippen LogP contribution >= 0.6 is 0 Å². The molecule has 0 bridgehead atoms. The molecular formula is C15H28N2O3. The van der Waals surface area contributed by atoms with E-state index in [0.717, 1.165) is 12.8 Å². The number of ether oxygens (including phenoxy) is 1. The maximum absolute atomic E-state index is 12.0. The van der Waals surface area contributed by atoms with Gasteiger partial charge in [-0.3, -0.25) is 9.59 Å². The lowest BCUT2D eigenvalue weighted by molar-refractivity contribution is -0.143. The Hall–Kier alpha value is -1.10. The van der Waals surface area contributed by atoms with Crippen molar-refractivity contribution in [3.05, 3.63) is 0 Å². The number of nitrogens with one attached hydrogen (secondary N) is 1. The van der Waals surface area contributed by atoms with Crippen LogP contribution in [-0.4, -0.2) is 49.6 Å². The van der Waals surface area contributed by atoms with E-state index in [1.54, 1.807) is 6.92 Å². The van der Waals surface area contributed by atoms with E-state index >= 15 is 0 Å². The third-order valence-corrected chi connectivity index (χ3v) is 3.83. The molecule has 1 rings (SSSR count). The molecule has 1 aliphatic carbocycles. The van der Waals surface area contributed by atoms with Crippen LogP contribution in [0.15, 0.2) is 0 Å². The molecule has 5 heteroatoms. The van der Waals surface area contributed by atoms with Gasteiger partial charge in [0.2, 0.25) is 5.91 Å². The number of hydrogen-bond donors (Lipinski definition) is 1. The third-order valence-electron chi connectivity index (χ3n) is 3.83. The second kappa shape index (κ2) is 9.75. The number of nitrogens with zero attached hydrogens (tertiary/aromatic N) is 1. The summed E-state index contributed by atoms with van der Waals surface area (Å²) in [6.07, 6.45) is 7.14. The Labute approximate surface area is 122 Å². The Morgan fingerprint density at radius 1 is 1.25 bits per heavy atom. The molecule has 1 saturated carbocycles. The van der Waals surface area contributed by atoms with Crippen molar-refractivity contribution in [2.24, 2.45) is 0 Å². The van der Waals surface area contributed by atoms with Crippen molar-refractivity contribution < 1.29 is 14.3 Å². The first-order valence-electron chi connectivity index (χ1n) is 7.77. The molecule has 1 aliphatic rings.